The number of carbonyl (C=O) groups is 1. The molecule has 1 amide bonds. The van der Waals surface area contributed by atoms with Crippen molar-refractivity contribution in [2.45, 2.75) is 84.1 Å². The smallest absolute Gasteiger partial charge is 0.260 e. The van der Waals surface area contributed by atoms with Crippen LogP contribution in [0.1, 0.15) is 64.9 Å². The minimum atomic E-state index is 0.0282. The summed E-state index contributed by atoms with van der Waals surface area (Å²) in [5.74, 6) is 1.70. The molecule has 1 aromatic carbocycles. The zero-order valence-electron chi connectivity index (χ0n) is 18.4. The van der Waals surface area contributed by atoms with Crippen LogP contribution in [0.2, 0.25) is 0 Å². The summed E-state index contributed by atoms with van der Waals surface area (Å²) in [5.41, 5.74) is 1.11. The molecule has 1 saturated carbocycles. The molecule has 0 bridgehead atoms. The largest absolute Gasteiger partial charge is 0.483 e. The molecule has 3 unspecified atom stereocenters. The zero-order chi connectivity index (χ0) is 20.6. The first kappa shape index (κ1) is 22.1. The van der Waals surface area contributed by atoms with Gasteiger partial charge in [0.2, 0.25) is 0 Å². The number of para-hydroxylation sites is 1. The fourth-order valence-corrected chi connectivity index (χ4v) is 4.69. The van der Waals surface area contributed by atoms with Crippen LogP contribution in [0.4, 0.5) is 0 Å². The highest BCUT2D eigenvalue weighted by Gasteiger charge is 2.26. The third-order valence-electron chi connectivity index (χ3n) is 6.15. The Labute approximate surface area is 176 Å². The number of ether oxygens (including phenoxy) is 2. The van der Waals surface area contributed by atoms with Crippen LogP contribution in [0, 0.1) is 5.92 Å². The lowest BCUT2D eigenvalue weighted by molar-refractivity contribution is -0.145. The lowest BCUT2D eigenvalue weighted by Crippen LogP contribution is -2.49. The summed E-state index contributed by atoms with van der Waals surface area (Å²) in [5, 5.41) is 3.66. The van der Waals surface area contributed by atoms with E-state index in [1.807, 2.05) is 36.9 Å². The summed E-state index contributed by atoms with van der Waals surface area (Å²) in [4.78, 5) is 14.4. The molecule has 2 fully saturated rings. The molecule has 3 atom stereocenters. The minimum absolute atomic E-state index is 0.0282. The van der Waals surface area contributed by atoms with Gasteiger partial charge in [-0.15, -0.1) is 0 Å². The number of nitrogens with one attached hydrogen (secondary N) is 1. The molecular formula is C24H38N2O3. The third kappa shape index (κ3) is 7.00. The number of hydrogen-bond acceptors (Lipinski definition) is 4. The molecule has 0 radical (unpaired) electrons. The van der Waals surface area contributed by atoms with Gasteiger partial charge in [-0.25, -0.2) is 0 Å². The van der Waals surface area contributed by atoms with Crippen LogP contribution in [-0.2, 0) is 16.1 Å². The van der Waals surface area contributed by atoms with Crippen LogP contribution in [0.15, 0.2) is 24.3 Å². The van der Waals surface area contributed by atoms with Gasteiger partial charge in [0.15, 0.2) is 6.61 Å². The Kier molecular flexibility index (Phi) is 8.37. The highest BCUT2D eigenvalue weighted by molar-refractivity contribution is 5.78. The molecule has 0 aromatic heterocycles. The van der Waals surface area contributed by atoms with E-state index in [4.69, 9.17) is 9.47 Å². The SMILES string of the molecule is CC(CC1CCCCC1)NCc1ccccc1OCC(=O)N1CC(C)OC(C)C1. The van der Waals surface area contributed by atoms with Gasteiger partial charge in [-0.1, -0.05) is 50.3 Å². The first-order valence-electron chi connectivity index (χ1n) is 11.4. The predicted octanol–water partition coefficient (Wildman–Crippen LogP) is 4.15. The molecule has 1 heterocycles. The Hall–Kier alpha value is -1.59. The number of carbonyl (C=O) groups excluding carboxylic acids is 1. The molecular weight excluding hydrogens is 364 g/mol. The van der Waals surface area contributed by atoms with Crippen LogP contribution in [0.25, 0.3) is 0 Å². The Morgan fingerprint density at radius 3 is 2.59 bits per heavy atom. The summed E-state index contributed by atoms with van der Waals surface area (Å²) in [6, 6.07) is 8.53. The van der Waals surface area contributed by atoms with Gasteiger partial charge in [0.05, 0.1) is 12.2 Å². The highest BCUT2D eigenvalue weighted by Crippen LogP contribution is 2.27. The van der Waals surface area contributed by atoms with Gasteiger partial charge in [-0.05, 0) is 39.2 Å². The Bertz CT molecular complexity index is 635. The van der Waals surface area contributed by atoms with Crippen molar-refractivity contribution in [1.82, 2.24) is 10.2 Å². The van der Waals surface area contributed by atoms with Crippen molar-refractivity contribution in [2.24, 2.45) is 5.92 Å². The van der Waals surface area contributed by atoms with Crippen LogP contribution in [0.5, 0.6) is 5.75 Å². The van der Waals surface area contributed by atoms with Crippen molar-refractivity contribution < 1.29 is 14.3 Å². The predicted molar refractivity (Wildman–Crippen MR) is 116 cm³/mol. The van der Waals surface area contributed by atoms with E-state index < -0.39 is 0 Å². The number of nitrogens with zero attached hydrogens (tertiary/aromatic N) is 1. The lowest BCUT2D eigenvalue weighted by atomic mass is 9.85. The molecule has 162 valence electrons. The van der Waals surface area contributed by atoms with Crippen LogP contribution < -0.4 is 10.1 Å². The first-order valence-corrected chi connectivity index (χ1v) is 11.4. The zero-order valence-corrected chi connectivity index (χ0v) is 18.4. The Balaban J connectivity index is 1.47. The first-order chi connectivity index (χ1) is 14.0. The Morgan fingerprint density at radius 2 is 1.86 bits per heavy atom. The molecule has 1 aromatic rings. The van der Waals surface area contributed by atoms with Gasteiger partial charge in [-0.2, -0.15) is 0 Å². The minimum Gasteiger partial charge on any atom is -0.483 e. The maximum Gasteiger partial charge on any atom is 0.260 e. The quantitative estimate of drug-likeness (QED) is 0.710. The molecule has 2 aliphatic rings. The third-order valence-corrected chi connectivity index (χ3v) is 6.15. The van der Waals surface area contributed by atoms with E-state index in [0.717, 1.165) is 23.8 Å². The molecule has 1 N–H and O–H groups in total. The monoisotopic (exact) mass is 402 g/mol. The van der Waals surface area contributed by atoms with Crippen molar-refractivity contribution in [1.29, 1.82) is 0 Å². The van der Waals surface area contributed by atoms with E-state index in [2.05, 4.69) is 18.3 Å². The van der Waals surface area contributed by atoms with Gasteiger partial charge in [0, 0.05) is 31.2 Å². The number of rotatable bonds is 8. The average Bonchev–Trinajstić information content (AvgIpc) is 2.71. The summed E-state index contributed by atoms with van der Waals surface area (Å²) < 4.78 is 11.6. The molecule has 29 heavy (non-hydrogen) atoms. The van der Waals surface area contributed by atoms with E-state index in [1.165, 1.54) is 38.5 Å². The standard InChI is InChI=1S/C24H38N2O3/c1-18(13-21-9-5-4-6-10-21)25-14-22-11-7-8-12-23(22)28-17-24(27)26-15-19(2)29-20(3)16-26/h7-8,11-12,18-21,25H,4-6,9-10,13-17H2,1-3H3. The summed E-state index contributed by atoms with van der Waals surface area (Å²) in [6.45, 7) is 8.40. The lowest BCUT2D eigenvalue weighted by Gasteiger charge is -2.35. The van der Waals surface area contributed by atoms with Gasteiger partial charge in [-0.3, -0.25) is 4.79 Å². The van der Waals surface area contributed by atoms with Gasteiger partial charge >= 0.3 is 0 Å². The second-order valence-corrected chi connectivity index (χ2v) is 8.97. The molecule has 1 saturated heterocycles. The maximum atomic E-state index is 12.6. The van der Waals surface area contributed by atoms with Gasteiger partial charge in [0.1, 0.15) is 5.75 Å². The molecule has 0 spiro atoms. The fraction of sp³-hybridized carbons (Fsp3) is 0.708. The maximum absolute atomic E-state index is 12.6. The summed E-state index contributed by atoms with van der Waals surface area (Å²) in [6.07, 6.45) is 8.35. The van der Waals surface area contributed by atoms with E-state index >= 15 is 0 Å². The number of amides is 1. The fourth-order valence-electron chi connectivity index (χ4n) is 4.69. The van der Waals surface area contributed by atoms with E-state index in [0.29, 0.717) is 19.1 Å². The van der Waals surface area contributed by atoms with Crippen molar-refractivity contribution in [3.05, 3.63) is 29.8 Å². The average molecular weight is 403 g/mol. The van der Waals surface area contributed by atoms with Crippen molar-refractivity contribution >= 4 is 5.91 Å². The van der Waals surface area contributed by atoms with Crippen LogP contribution >= 0.6 is 0 Å². The van der Waals surface area contributed by atoms with E-state index in [-0.39, 0.29) is 24.7 Å². The molecule has 1 aliphatic carbocycles. The normalized spacial score (nSPS) is 24.3. The molecule has 1 aliphatic heterocycles. The van der Waals surface area contributed by atoms with Crippen molar-refractivity contribution in [2.75, 3.05) is 19.7 Å². The second kappa shape index (κ2) is 11.0. The molecule has 5 heteroatoms. The molecule has 5 nitrogen and oxygen atoms in total. The van der Waals surface area contributed by atoms with Crippen molar-refractivity contribution in [3.8, 4) is 5.75 Å². The van der Waals surface area contributed by atoms with E-state index in [9.17, 15) is 4.79 Å². The Morgan fingerprint density at radius 1 is 1.17 bits per heavy atom. The van der Waals surface area contributed by atoms with Crippen LogP contribution in [-0.4, -0.2) is 48.8 Å². The number of morpholine rings is 1. The van der Waals surface area contributed by atoms with E-state index in [1.54, 1.807) is 0 Å². The van der Waals surface area contributed by atoms with Crippen LogP contribution in [0.3, 0.4) is 0 Å². The summed E-state index contributed by atoms with van der Waals surface area (Å²) in [7, 11) is 0. The second-order valence-electron chi connectivity index (χ2n) is 8.97. The summed E-state index contributed by atoms with van der Waals surface area (Å²) >= 11 is 0. The van der Waals surface area contributed by atoms with Crippen molar-refractivity contribution in [3.63, 3.8) is 0 Å². The highest BCUT2D eigenvalue weighted by atomic mass is 16.5. The van der Waals surface area contributed by atoms with Gasteiger partial charge < -0.3 is 19.7 Å². The molecule has 3 rings (SSSR count). The topological polar surface area (TPSA) is 50.8 Å². The number of benzene rings is 1. The van der Waals surface area contributed by atoms with Gasteiger partial charge in [0.25, 0.3) is 5.91 Å². The number of hydrogen-bond donors (Lipinski definition) is 1.